The summed E-state index contributed by atoms with van der Waals surface area (Å²) in [5.74, 6) is -0.823. The van der Waals surface area contributed by atoms with Crippen LogP contribution in [0.4, 0.5) is 4.79 Å². The highest BCUT2D eigenvalue weighted by atomic mass is 16.7. The summed E-state index contributed by atoms with van der Waals surface area (Å²) in [6.45, 7) is 3.45. The van der Waals surface area contributed by atoms with Gasteiger partial charge in [-0.15, -0.1) is 0 Å². The molecule has 0 saturated carbocycles. The average molecular weight is 364 g/mol. The van der Waals surface area contributed by atoms with Gasteiger partial charge in [-0.05, 0) is 31.1 Å². The Kier molecular flexibility index (Phi) is 5.35. The Hall–Kier alpha value is -3.41. The Balaban J connectivity index is 1.61. The number of rotatable bonds is 4. The second kappa shape index (κ2) is 7.86. The molecule has 1 N–H and O–H groups in total. The van der Waals surface area contributed by atoms with Crippen molar-refractivity contribution < 1.29 is 19.1 Å². The van der Waals surface area contributed by atoms with E-state index < -0.39 is 23.9 Å². The quantitative estimate of drug-likeness (QED) is 0.658. The molecule has 1 unspecified atom stereocenters. The number of nitrogens with zero attached hydrogens (tertiary/aromatic N) is 1. The summed E-state index contributed by atoms with van der Waals surface area (Å²) in [7, 11) is 0. The average Bonchev–Trinajstić information content (AvgIpc) is 2.69. The molecular formula is C21H20N2O4. The molecule has 1 atom stereocenters. The minimum absolute atomic E-state index is 0.133. The molecule has 0 radical (unpaired) electrons. The molecule has 0 aromatic heterocycles. The first-order valence-electron chi connectivity index (χ1n) is 8.51. The van der Waals surface area contributed by atoms with E-state index in [0.29, 0.717) is 0 Å². The van der Waals surface area contributed by atoms with Gasteiger partial charge in [0.1, 0.15) is 17.5 Å². The number of ether oxygens (including phenoxy) is 2. The fraction of sp³-hybridized carbons (Fsp3) is 0.190. The second-order valence-electron chi connectivity index (χ2n) is 6.45. The third-order valence-corrected chi connectivity index (χ3v) is 4.09. The van der Waals surface area contributed by atoms with Crippen LogP contribution in [0.2, 0.25) is 0 Å². The molecule has 3 rings (SSSR count). The zero-order chi connectivity index (χ0) is 19.3. The fourth-order valence-electron chi connectivity index (χ4n) is 2.63. The van der Waals surface area contributed by atoms with Crippen LogP contribution in [0.5, 0.6) is 0 Å². The highest BCUT2D eigenvalue weighted by Crippen LogP contribution is 2.25. The lowest BCUT2D eigenvalue weighted by molar-refractivity contribution is -0.138. The molecule has 1 aliphatic rings. The van der Waals surface area contributed by atoms with Crippen LogP contribution >= 0.6 is 0 Å². The van der Waals surface area contributed by atoms with Gasteiger partial charge in [0, 0.05) is 6.21 Å². The number of aliphatic imine (C=N–C) groups is 1. The molecule has 0 aliphatic carbocycles. The lowest BCUT2D eigenvalue weighted by Crippen LogP contribution is -2.32. The van der Waals surface area contributed by atoms with Crippen molar-refractivity contribution in [3.63, 3.8) is 0 Å². The highest BCUT2D eigenvalue weighted by Gasteiger charge is 2.29. The van der Waals surface area contributed by atoms with Crippen molar-refractivity contribution in [2.75, 3.05) is 0 Å². The van der Waals surface area contributed by atoms with Crippen LogP contribution in [0.25, 0.3) is 0 Å². The van der Waals surface area contributed by atoms with Crippen molar-refractivity contribution in [1.82, 2.24) is 5.32 Å². The van der Waals surface area contributed by atoms with E-state index in [1.54, 1.807) is 13.8 Å². The molecule has 2 aromatic rings. The third kappa shape index (κ3) is 4.61. The van der Waals surface area contributed by atoms with Crippen LogP contribution < -0.4 is 5.32 Å². The summed E-state index contributed by atoms with van der Waals surface area (Å²) in [4.78, 5) is 28.6. The molecule has 1 aliphatic heterocycles. The summed E-state index contributed by atoms with van der Waals surface area (Å²) in [6, 6.07) is 18.7. The summed E-state index contributed by atoms with van der Waals surface area (Å²) in [6.07, 6.45) is 1.48. The van der Waals surface area contributed by atoms with Gasteiger partial charge in [-0.3, -0.25) is 4.99 Å². The van der Waals surface area contributed by atoms with Crippen LogP contribution in [-0.4, -0.2) is 18.3 Å². The van der Waals surface area contributed by atoms with Gasteiger partial charge >= 0.3 is 12.1 Å². The van der Waals surface area contributed by atoms with Crippen molar-refractivity contribution in [3.05, 3.63) is 83.6 Å². The first-order valence-corrected chi connectivity index (χ1v) is 8.51. The predicted octanol–water partition coefficient (Wildman–Crippen LogP) is 3.86. The topological polar surface area (TPSA) is 77.0 Å². The van der Waals surface area contributed by atoms with Crippen molar-refractivity contribution in [2.45, 2.75) is 25.6 Å². The van der Waals surface area contributed by atoms with Gasteiger partial charge < -0.3 is 14.8 Å². The molecule has 0 saturated heterocycles. The number of esters is 1. The number of allylic oxidation sites excluding steroid dienone is 1. The number of hydrogen-bond donors (Lipinski definition) is 1. The summed E-state index contributed by atoms with van der Waals surface area (Å²) in [5, 5.41) is 2.95. The molecule has 0 bridgehead atoms. The first kappa shape index (κ1) is 18.4. The van der Waals surface area contributed by atoms with Gasteiger partial charge in [-0.1, -0.05) is 60.7 Å². The first-order chi connectivity index (χ1) is 13.0. The van der Waals surface area contributed by atoms with E-state index in [9.17, 15) is 9.59 Å². The summed E-state index contributed by atoms with van der Waals surface area (Å²) >= 11 is 0. The van der Waals surface area contributed by atoms with E-state index in [1.165, 1.54) is 12.3 Å². The van der Waals surface area contributed by atoms with Crippen molar-refractivity contribution >= 4 is 18.3 Å². The molecule has 6 heteroatoms. The Morgan fingerprint density at radius 2 is 1.63 bits per heavy atom. The fourth-order valence-corrected chi connectivity index (χ4v) is 2.63. The maximum absolute atomic E-state index is 12.3. The standard InChI is InChI=1S/C21H20N2O4/c1-21(2,16-11-7-4-8-12-16)27-20(25)26-19(24)17-13-14-22-18(23-17)15-9-5-3-6-10-15/h3-14,18,23H,1-2H3. The molecule has 1 heterocycles. The Bertz CT molecular complexity index is 874. The van der Waals surface area contributed by atoms with Crippen LogP contribution in [0.1, 0.15) is 31.1 Å². The zero-order valence-electron chi connectivity index (χ0n) is 15.1. The monoisotopic (exact) mass is 364 g/mol. The molecule has 0 spiro atoms. The van der Waals surface area contributed by atoms with Crippen molar-refractivity contribution in [1.29, 1.82) is 0 Å². The van der Waals surface area contributed by atoms with E-state index >= 15 is 0 Å². The van der Waals surface area contributed by atoms with Gasteiger partial charge in [0.25, 0.3) is 0 Å². The molecule has 0 amide bonds. The Morgan fingerprint density at radius 1 is 1.00 bits per heavy atom. The zero-order valence-corrected chi connectivity index (χ0v) is 15.1. The number of carbonyl (C=O) groups excluding carboxylic acids is 2. The summed E-state index contributed by atoms with van der Waals surface area (Å²) in [5.41, 5.74) is 0.884. The van der Waals surface area contributed by atoms with Crippen LogP contribution in [0.3, 0.4) is 0 Å². The predicted molar refractivity (Wildman–Crippen MR) is 101 cm³/mol. The lowest BCUT2D eigenvalue weighted by atomic mass is 9.98. The maximum Gasteiger partial charge on any atom is 0.517 e. The van der Waals surface area contributed by atoms with E-state index in [4.69, 9.17) is 9.47 Å². The van der Waals surface area contributed by atoms with Gasteiger partial charge in [0.15, 0.2) is 0 Å². The highest BCUT2D eigenvalue weighted by molar-refractivity contribution is 5.98. The Labute approximate surface area is 157 Å². The Morgan fingerprint density at radius 3 is 2.30 bits per heavy atom. The molecule has 27 heavy (non-hydrogen) atoms. The molecular weight excluding hydrogens is 344 g/mol. The summed E-state index contributed by atoms with van der Waals surface area (Å²) < 4.78 is 10.2. The van der Waals surface area contributed by atoms with E-state index in [1.807, 2.05) is 60.7 Å². The molecule has 138 valence electrons. The van der Waals surface area contributed by atoms with Gasteiger partial charge in [-0.2, -0.15) is 0 Å². The largest absolute Gasteiger partial charge is 0.517 e. The van der Waals surface area contributed by atoms with E-state index in [2.05, 4.69) is 10.3 Å². The number of nitrogens with one attached hydrogen (secondary N) is 1. The van der Waals surface area contributed by atoms with E-state index in [0.717, 1.165) is 11.1 Å². The molecule has 6 nitrogen and oxygen atoms in total. The number of benzene rings is 2. The van der Waals surface area contributed by atoms with Crippen LogP contribution in [0, 0.1) is 0 Å². The number of hydrogen-bond acceptors (Lipinski definition) is 6. The van der Waals surface area contributed by atoms with Crippen molar-refractivity contribution in [3.8, 4) is 0 Å². The second-order valence-corrected chi connectivity index (χ2v) is 6.45. The molecule has 2 aromatic carbocycles. The van der Waals surface area contributed by atoms with Gasteiger partial charge in [0.2, 0.25) is 0 Å². The smallest absolute Gasteiger partial charge is 0.423 e. The minimum Gasteiger partial charge on any atom is -0.423 e. The SMILES string of the molecule is CC(C)(OC(=O)OC(=O)C1=CC=NC(c2ccccc2)N1)c1ccccc1. The lowest BCUT2D eigenvalue weighted by Gasteiger charge is -2.25. The van der Waals surface area contributed by atoms with Gasteiger partial charge in [-0.25, -0.2) is 9.59 Å². The van der Waals surface area contributed by atoms with Crippen LogP contribution in [-0.2, 0) is 19.9 Å². The van der Waals surface area contributed by atoms with Crippen LogP contribution in [0.15, 0.2) is 77.4 Å². The number of carbonyl (C=O) groups is 2. The maximum atomic E-state index is 12.3. The minimum atomic E-state index is -1.06. The third-order valence-electron chi connectivity index (χ3n) is 4.09. The van der Waals surface area contributed by atoms with E-state index in [-0.39, 0.29) is 5.70 Å². The van der Waals surface area contributed by atoms with Gasteiger partial charge in [0.05, 0.1) is 0 Å². The molecule has 0 fully saturated rings. The normalized spacial score (nSPS) is 16.1. The van der Waals surface area contributed by atoms with Crippen molar-refractivity contribution in [2.24, 2.45) is 4.99 Å².